The lowest BCUT2D eigenvalue weighted by Gasteiger charge is -2.27. The second-order valence-corrected chi connectivity index (χ2v) is 3.64. The van der Waals surface area contributed by atoms with Gasteiger partial charge in [-0.1, -0.05) is 5.92 Å². The number of rotatable bonds is 3. The van der Waals surface area contributed by atoms with Crippen LogP contribution >= 0.6 is 0 Å². The Kier molecular flexibility index (Phi) is 3.32. The highest BCUT2D eigenvalue weighted by Gasteiger charge is 2.39. The Morgan fingerprint density at radius 1 is 1.85 bits per heavy atom. The van der Waals surface area contributed by atoms with E-state index in [-0.39, 0.29) is 12.1 Å². The van der Waals surface area contributed by atoms with E-state index in [9.17, 15) is 5.11 Å². The van der Waals surface area contributed by atoms with E-state index in [2.05, 4.69) is 11.2 Å². The zero-order chi connectivity index (χ0) is 9.90. The fourth-order valence-electron chi connectivity index (χ4n) is 1.39. The van der Waals surface area contributed by atoms with E-state index >= 15 is 0 Å². The predicted octanol–water partition coefficient (Wildman–Crippen LogP) is 0.138. The van der Waals surface area contributed by atoms with Crippen molar-refractivity contribution in [1.29, 1.82) is 0 Å². The lowest BCUT2D eigenvalue weighted by molar-refractivity contribution is -0.0266. The van der Waals surface area contributed by atoms with Gasteiger partial charge in [0.1, 0.15) is 5.60 Å². The van der Waals surface area contributed by atoms with Crippen LogP contribution in [0.15, 0.2) is 0 Å². The first-order chi connectivity index (χ1) is 6.08. The van der Waals surface area contributed by atoms with Gasteiger partial charge in [-0.3, -0.25) is 0 Å². The van der Waals surface area contributed by atoms with Gasteiger partial charge in [0, 0.05) is 19.6 Å². The molecule has 0 bridgehead atoms. The SMILES string of the molecule is C#CC(C)NCC1(O)CCOC1C. The van der Waals surface area contributed by atoms with Gasteiger partial charge in [-0.25, -0.2) is 0 Å². The fraction of sp³-hybridized carbons (Fsp3) is 0.800. The summed E-state index contributed by atoms with van der Waals surface area (Å²) in [6.45, 7) is 4.91. The molecule has 1 aliphatic rings. The molecule has 0 amide bonds. The molecular formula is C10H17NO2. The number of hydrogen-bond acceptors (Lipinski definition) is 3. The molecule has 0 saturated carbocycles. The van der Waals surface area contributed by atoms with Crippen molar-refractivity contribution < 1.29 is 9.84 Å². The summed E-state index contributed by atoms with van der Waals surface area (Å²) >= 11 is 0. The number of terminal acetylenes is 1. The molecule has 1 heterocycles. The minimum Gasteiger partial charge on any atom is -0.386 e. The number of hydrogen-bond donors (Lipinski definition) is 2. The highest BCUT2D eigenvalue weighted by atomic mass is 16.5. The lowest BCUT2D eigenvalue weighted by Crippen LogP contribution is -2.47. The average Bonchev–Trinajstić information content (AvgIpc) is 2.44. The molecule has 1 saturated heterocycles. The molecule has 0 radical (unpaired) electrons. The Bertz CT molecular complexity index is 211. The van der Waals surface area contributed by atoms with E-state index in [4.69, 9.17) is 11.2 Å². The van der Waals surface area contributed by atoms with Crippen LogP contribution in [-0.2, 0) is 4.74 Å². The van der Waals surface area contributed by atoms with Crippen molar-refractivity contribution in [3.8, 4) is 12.3 Å². The van der Waals surface area contributed by atoms with E-state index in [0.717, 1.165) is 0 Å². The highest BCUT2D eigenvalue weighted by molar-refractivity contribution is 4.99. The maximum atomic E-state index is 10.0. The summed E-state index contributed by atoms with van der Waals surface area (Å²) in [6.07, 6.45) is 5.78. The largest absolute Gasteiger partial charge is 0.386 e. The molecule has 0 aromatic rings. The molecule has 0 aromatic carbocycles. The molecule has 2 N–H and O–H groups in total. The smallest absolute Gasteiger partial charge is 0.105 e. The lowest BCUT2D eigenvalue weighted by atomic mass is 9.96. The molecule has 3 nitrogen and oxygen atoms in total. The van der Waals surface area contributed by atoms with Gasteiger partial charge in [-0.15, -0.1) is 6.42 Å². The molecule has 0 aliphatic carbocycles. The van der Waals surface area contributed by atoms with E-state index < -0.39 is 5.60 Å². The van der Waals surface area contributed by atoms with E-state index in [1.54, 1.807) is 0 Å². The Hall–Kier alpha value is -0.560. The first kappa shape index (κ1) is 10.5. The van der Waals surface area contributed by atoms with Crippen LogP contribution in [0.1, 0.15) is 20.3 Å². The van der Waals surface area contributed by atoms with Crippen LogP contribution in [0.2, 0.25) is 0 Å². The Labute approximate surface area is 79.5 Å². The van der Waals surface area contributed by atoms with Gasteiger partial charge in [0.05, 0.1) is 12.1 Å². The zero-order valence-corrected chi connectivity index (χ0v) is 8.21. The van der Waals surface area contributed by atoms with Crippen LogP contribution in [0.3, 0.4) is 0 Å². The molecule has 1 rings (SSSR count). The Morgan fingerprint density at radius 2 is 2.54 bits per heavy atom. The van der Waals surface area contributed by atoms with Crippen molar-refractivity contribution in [2.45, 2.75) is 38.0 Å². The minimum atomic E-state index is -0.745. The van der Waals surface area contributed by atoms with Gasteiger partial charge in [0.15, 0.2) is 0 Å². The van der Waals surface area contributed by atoms with E-state index in [0.29, 0.717) is 19.6 Å². The Morgan fingerprint density at radius 3 is 3.00 bits per heavy atom. The first-order valence-electron chi connectivity index (χ1n) is 4.62. The summed E-state index contributed by atoms with van der Waals surface area (Å²) < 4.78 is 5.29. The van der Waals surface area contributed by atoms with Crippen LogP contribution in [0, 0.1) is 12.3 Å². The molecular weight excluding hydrogens is 166 g/mol. The average molecular weight is 183 g/mol. The van der Waals surface area contributed by atoms with Crippen molar-refractivity contribution in [1.82, 2.24) is 5.32 Å². The minimum absolute atomic E-state index is 0.00294. The molecule has 1 aliphatic heterocycles. The van der Waals surface area contributed by atoms with Gasteiger partial charge in [-0.2, -0.15) is 0 Å². The summed E-state index contributed by atoms with van der Waals surface area (Å²) in [5.74, 6) is 2.56. The predicted molar refractivity (Wildman–Crippen MR) is 51.3 cm³/mol. The third kappa shape index (κ3) is 2.44. The van der Waals surface area contributed by atoms with Crippen molar-refractivity contribution >= 4 is 0 Å². The van der Waals surface area contributed by atoms with Crippen molar-refractivity contribution in [3.63, 3.8) is 0 Å². The third-order valence-corrected chi connectivity index (χ3v) is 2.62. The molecule has 1 fully saturated rings. The maximum Gasteiger partial charge on any atom is 0.105 e. The van der Waals surface area contributed by atoms with Gasteiger partial charge in [0.25, 0.3) is 0 Å². The molecule has 3 unspecified atom stereocenters. The second kappa shape index (κ2) is 4.10. The van der Waals surface area contributed by atoms with E-state index in [1.165, 1.54) is 0 Å². The molecule has 0 aromatic heterocycles. The van der Waals surface area contributed by atoms with Crippen molar-refractivity contribution in [2.24, 2.45) is 0 Å². The standard InChI is InChI=1S/C10H17NO2/c1-4-8(2)11-7-10(12)5-6-13-9(10)3/h1,8-9,11-12H,5-7H2,2-3H3. The van der Waals surface area contributed by atoms with Crippen LogP contribution in [0.25, 0.3) is 0 Å². The van der Waals surface area contributed by atoms with Crippen LogP contribution in [0.5, 0.6) is 0 Å². The molecule has 3 atom stereocenters. The fourth-order valence-corrected chi connectivity index (χ4v) is 1.39. The van der Waals surface area contributed by atoms with Crippen molar-refractivity contribution in [2.75, 3.05) is 13.2 Å². The topological polar surface area (TPSA) is 41.5 Å². The van der Waals surface area contributed by atoms with Crippen molar-refractivity contribution in [3.05, 3.63) is 0 Å². The summed E-state index contributed by atoms with van der Waals surface area (Å²) in [5, 5.41) is 13.1. The zero-order valence-electron chi connectivity index (χ0n) is 8.21. The molecule has 3 heteroatoms. The molecule has 13 heavy (non-hydrogen) atoms. The van der Waals surface area contributed by atoms with Gasteiger partial charge in [0.2, 0.25) is 0 Å². The van der Waals surface area contributed by atoms with Gasteiger partial charge in [-0.05, 0) is 13.8 Å². The number of nitrogens with one attached hydrogen (secondary N) is 1. The quantitative estimate of drug-likeness (QED) is 0.611. The summed E-state index contributed by atoms with van der Waals surface area (Å²) in [7, 11) is 0. The molecule has 0 spiro atoms. The van der Waals surface area contributed by atoms with Crippen LogP contribution in [0.4, 0.5) is 0 Å². The monoisotopic (exact) mass is 183 g/mol. The van der Waals surface area contributed by atoms with Gasteiger partial charge < -0.3 is 15.2 Å². The third-order valence-electron chi connectivity index (χ3n) is 2.62. The Balaban J connectivity index is 2.39. The second-order valence-electron chi connectivity index (χ2n) is 3.64. The summed E-state index contributed by atoms with van der Waals surface area (Å²) in [6, 6.07) is -0.00294. The van der Waals surface area contributed by atoms with Crippen LogP contribution < -0.4 is 5.32 Å². The maximum absolute atomic E-state index is 10.0. The van der Waals surface area contributed by atoms with Crippen LogP contribution in [-0.4, -0.2) is 36.0 Å². The van der Waals surface area contributed by atoms with E-state index in [1.807, 2.05) is 13.8 Å². The first-order valence-corrected chi connectivity index (χ1v) is 4.62. The number of aliphatic hydroxyl groups is 1. The summed E-state index contributed by atoms with van der Waals surface area (Å²) in [4.78, 5) is 0. The normalized spacial score (nSPS) is 35.7. The highest BCUT2D eigenvalue weighted by Crippen LogP contribution is 2.24. The number of ether oxygens (including phenoxy) is 1. The summed E-state index contributed by atoms with van der Waals surface area (Å²) in [5.41, 5.74) is -0.745. The van der Waals surface area contributed by atoms with Gasteiger partial charge >= 0.3 is 0 Å². The molecule has 74 valence electrons.